The maximum Gasteiger partial charge on any atom is 0.174 e. The molecule has 0 radical (unpaired) electrons. The molecule has 1 heteroatoms. The van der Waals surface area contributed by atoms with Crippen LogP contribution in [-0.2, 0) is 0 Å². The summed E-state index contributed by atoms with van der Waals surface area (Å²) in [5.41, 5.74) is 6.63. The number of fused-ring (bicyclic) bond motifs is 3. The van der Waals surface area contributed by atoms with Crippen molar-refractivity contribution in [2.45, 2.75) is 12.8 Å². The standard InChI is InChI=1S/C21H16O/c1-14-11-12-18-19(13-14)16-9-5-6-10-17(16)20(18)21(22)15-7-3-2-4-8-15/h2-13,20H,1H3. The number of aryl methyl sites for hydroxylation is 1. The van der Waals surface area contributed by atoms with E-state index in [9.17, 15) is 4.79 Å². The molecule has 0 spiro atoms. The van der Waals surface area contributed by atoms with Crippen LogP contribution in [0, 0.1) is 6.92 Å². The van der Waals surface area contributed by atoms with Crippen molar-refractivity contribution in [2.24, 2.45) is 0 Å². The van der Waals surface area contributed by atoms with E-state index in [2.05, 4.69) is 37.3 Å². The number of rotatable bonds is 2. The molecule has 0 fully saturated rings. The molecule has 3 aromatic rings. The Bertz CT molecular complexity index is 862. The van der Waals surface area contributed by atoms with Gasteiger partial charge < -0.3 is 0 Å². The zero-order valence-electron chi connectivity index (χ0n) is 12.4. The Labute approximate surface area is 130 Å². The highest BCUT2D eigenvalue weighted by Crippen LogP contribution is 2.46. The maximum absolute atomic E-state index is 13.1. The normalized spacial score (nSPS) is 15.2. The second kappa shape index (κ2) is 4.96. The Balaban J connectivity index is 1.92. The van der Waals surface area contributed by atoms with Gasteiger partial charge in [0.1, 0.15) is 0 Å². The molecular weight excluding hydrogens is 268 g/mol. The molecule has 3 aromatic carbocycles. The summed E-state index contributed by atoms with van der Waals surface area (Å²) in [5.74, 6) is -0.00940. The third-order valence-electron chi connectivity index (χ3n) is 4.40. The number of benzene rings is 3. The molecule has 1 unspecified atom stereocenters. The van der Waals surface area contributed by atoms with Crippen LogP contribution < -0.4 is 0 Å². The second-order valence-corrected chi connectivity index (χ2v) is 5.84. The smallest absolute Gasteiger partial charge is 0.174 e. The van der Waals surface area contributed by atoms with Crippen LogP contribution in [0.2, 0.25) is 0 Å². The third-order valence-corrected chi connectivity index (χ3v) is 4.40. The van der Waals surface area contributed by atoms with Crippen molar-refractivity contribution in [1.82, 2.24) is 0 Å². The van der Waals surface area contributed by atoms with Gasteiger partial charge in [-0.3, -0.25) is 4.79 Å². The topological polar surface area (TPSA) is 17.1 Å². The number of hydrogen-bond acceptors (Lipinski definition) is 1. The van der Waals surface area contributed by atoms with Gasteiger partial charge in [-0.15, -0.1) is 0 Å². The minimum absolute atomic E-state index is 0.177. The number of ketones is 1. The van der Waals surface area contributed by atoms with Gasteiger partial charge in [-0.1, -0.05) is 78.4 Å². The quantitative estimate of drug-likeness (QED) is 0.606. The van der Waals surface area contributed by atoms with Crippen molar-refractivity contribution in [1.29, 1.82) is 0 Å². The first-order valence-electron chi connectivity index (χ1n) is 7.55. The zero-order valence-corrected chi connectivity index (χ0v) is 12.4. The summed E-state index contributed by atoms with van der Waals surface area (Å²) >= 11 is 0. The van der Waals surface area contributed by atoms with Gasteiger partial charge in [0.2, 0.25) is 0 Å². The number of hydrogen-bond donors (Lipinski definition) is 0. The van der Waals surface area contributed by atoms with Gasteiger partial charge >= 0.3 is 0 Å². The molecular formula is C21H16O. The van der Waals surface area contributed by atoms with E-state index in [1.807, 2.05) is 42.5 Å². The van der Waals surface area contributed by atoms with Gasteiger partial charge in [0, 0.05) is 5.56 Å². The lowest BCUT2D eigenvalue weighted by molar-refractivity contribution is 0.0975. The summed E-state index contributed by atoms with van der Waals surface area (Å²) < 4.78 is 0. The average Bonchev–Trinajstić information content (AvgIpc) is 2.89. The molecule has 106 valence electrons. The molecule has 1 atom stereocenters. The molecule has 0 aliphatic heterocycles. The molecule has 0 saturated heterocycles. The molecule has 0 heterocycles. The molecule has 0 aromatic heterocycles. The van der Waals surface area contributed by atoms with E-state index in [0.29, 0.717) is 0 Å². The van der Waals surface area contributed by atoms with E-state index in [4.69, 9.17) is 0 Å². The lowest BCUT2D eigenvalue weighted by atomic mass is 9.88. The molecule has 1 nitrogen and oxygen atoms in total. The maximum atomic E-state index is 13.1. The summed E-state index contributed by atoms with van der Waals surface area (Å²) in [6, 6.07) is 24.2. The summed E-state index contributed by atoms with van der Waals surface area (Å²) in [6.07, 6.45) is 0. The van der Waals surface area contributed by atoms with E-state index in [-0.39, 0.29) is 11.7 Å². The van der Waals surface area contributed by atoms with Gasteiger partial charge in [0.05, 0.1) is 5.92 Å². The first-order valence-corrected chi connectivity index (χ1v) is 7.55. The minimum Gasteiger partial charge on any atom is -0.293 e. The summed E-state index contributed by atoms with van der Waals surface area (Å²) in [4.78, 5) is 13.1. The van der Waals surface area contributed by atoms with Crippen LogP contribution in [0.15, 0.2) is 72.8 Å². The highest BCUT2D eigenvalue weighted by molar-refractivity contribution is 6.07. The lowest BCUT2D eigenvalue weighted by Gasteiger charge is -2.12. The Hall–Kier alpha value is -2.67. The van der Waals surface area contributed by atoms with Crippen molar-refractivity contribution >= 4 is 5.78 Å². The predicted molar refractivity (Wildman–Crippen MR) is 89.2 cm³/mol. The van der Waals surface area contributed by atoms with Crippen LogP contribution in [0.5, 0.6) is 0 Å². The molecule has 0 saturated carbocycles. The molecule has 1 aliphatic carbocycles. The highest BCUT2D eigenvalue weighted by Gasteiger charge is 2.33. The largest absolute Gasteiger partial charge is 0.293 e. The molecule has 0 N–H and O–H groups in total. The molecule has 22 heavy (non-hydrogen) atoms. The van der Waals surface area contributed by atoms with Crippen molar-refractivity contribution in [3.8, 4) is 11.1 Å². The number of carbonyl (C=O) groups is 1. The van der Waals surface area contributed by atoms with E-state index in [0.717, 1.165) is 16.7 Å². The fourth-order valence-electron chi connectivity index (χ4n) is 3.37. The van der Waals surface area contributed by atoms with E-state index < -0.39 is 0 Å². The first-order chi connectivity index (χ1) is 10.8. The second-order valence-electron chi connectivity index (χ2n) is 5.84. The first kappa shape index (κ1) is 13.0. The SMILES string of the molecule is Cc1ccc2c(c1)-c1ccccc1C2C(=O)c1ccccc1. The van der Waals surface area contributed by atoms with E-state index in [1.165, 1.54) is 16.7 Å². The summed E-state index contributed by atoms with van der Waals surface area (Å²) in [5, 5.41) is 0. The monoisotopic (exact) mass is 284 g/mol. The molecule has 4 rings (SSSR count). The van der Waals surface area contributed by atoms with Crippen LogP contribution in [-0.4, -0.2) is 5.78 Å². The van der Waals surface area contributed by atoms with Crippen LogP contribution in [0.4, 0.5) is 0 Å². The van der Waals surface area contributed by atoms with Gasteiger partial charge in [-0.05, 0) is 29.2 Å². The van der Waals surface area contributed by atoms with Crippen LogP contribution in [0.1, 0.15) is 33.0 Å². The Morgan fingerprint density at radius 2 is 1.45 bits per heavy atom. The molecule has 0 bridgehead atoms. The third kappa shape index (κ3) is 1.90. The van der Waals surface area contributed by atoms with Gasteiger partial charge in [-0.2, -0.15) is 0 Å². The molecule has 1 aliphatic rings. The van der Waals surface area contributed by atoms with Gasteiger partial charge in [0.25, 0.3) is 0 Å². The van der Waals surface area contributed by atoms with Gasteiger partial charge in [-0.25, -0.2) is 0 Å². The van der Waals surface area contributed by atoms with Gasteiger partial charge in [0.15, 0.2) is 5.78 Å². The number of Topliss-reactive ketones (excluding diaryl/α,β-unsaturated/α-hetero) is 1. The van der Waals surface area contributed by atoms with E-state index in [1.54, 1.807) is 0 Å². The van der Waals surface area contributed by atoms with Crippen molar-refractivity contribution in [3.63, 3.8) is 0 Å². The zero-order chi connectivity index (χ0) is 15.1. The average molecular weight is 284 g/mol. The predicted octanol–water partition coefficient (Wildman–Crippen LogP) is 4.99. The summed E-state index contributed by atoms with van der Waals surface area (Å²) in [6.45, 7) is 2.09. The van der Waals surface area contributed by atoms with Crippen molar-refractivity contribution in [3.05, 3.63) is 95.1 Å². The Morgan fingerprint density at radius 1 is 0.773 bits per heavy atom. The minimum atomic E-state index is -0.186. The lowest BCUT2D eigenvalue weighted by Crippen LogP contribution is -2.11. The van der Waals surface area contributed by atoms with Crippen molar-refractivity contribution < 1.29 is 4.79 Å². The highest BCUT2D eigenvalue weighted by atomic mass is 16.1. The van der Waals surface area contributed by atoms with Crippen molar-refractivity contribution in [2.75, 3.05) is 0 Å². The fraction of sp³-hybridized carbons (Fsp3) is 0.0952. The fourth-order valence-corrected chi connectivity index (χ4v) is 3.37. The van der Waals surface area contributed by atoms with E-state index >= 15 is 0 Å². The van der Waals surface area contributed by atoms with Crippen LogP contribution >= 0.6 is 0 Å². The number of carbonyl (C=O) groups excluding carboxylic acids is 1. The Kier molecular flexibility index (Phi) is 2.93. The molecule has 0 amide bonds. The summed E-state index contributed by atoms with van der Waals surface area (Å²) in [7, 11) is 0. The Morgan fingerprint density at radius 3 is 2.27 bits per heavy atom. The van der Waals surface area contributed by atoms with Crippen LogP contribution in [0.25, 0.3) is 11.1 Å². The van der Waals surface area contributed by atoms with Crippen LogP contribution in [0.3, 0.4) is 0 Å².